The second-order valence-corrected chi connectivity index (χ2v) is 6.83. The molecule has 3 aromatic rings. The van der Waals surface area contributed by atoms with Gasteiger partial charge < -0.3 is 10.6 Å². The third kappa shape index (κ3) is 4.29. The van der Waals surface area contributed by atoms with Crippen molar-refractivity contribution >= 4 is 41.8 Å². The van der Waals surface area contributed by atoms with Crippen molar-refractivity contribution < 1.29 is 4.79 Å². The van der Waals surface area contributed by atoms with Gasteiger partial charge in [-0.25, -0.2) is 4.98 Å². The Bertz CT molecular complexity index is 952. The first-order valence-electron chi connectivity index (χ1n) is 9.05. The quantitative estimate of drug-likeness (QED) is 0.680. The van der Waals surface area contributed by atoms with E-state index in [0.29, 0.717) is 5.56 Å². The number of pyridine rings is 1. The molecule has 1 saturated heterocycles. The summed E-state index contributed by atoms with van der Waals surface area (Å²) in [5.74, 6) is -0.0439. The molecule has 0 spiro atoms. The van der Waals surface area contributed by atoms with E-state index in [-0.39, 0.29) is 36.8 Å². The Hall–Kier alpha value is -2.15. The zero-order valence-electron chi connectivity index (χ0n) is 15.9. The van der Waals surface area contributed by atoms with Gasteiger partial charge in [-0.15, -0.1) is 24.8 Å². The van der Waals surface area contributed by atoms with Crippen molar-refractivity contribution in [3.63, 3.8) is 0 Å². The van der Waals surface area contributed by atoms with Crippen LogP contribution in [0.2, 0.25) is 0 Å². The fourth-order valence-electron chi connectivity index (χ4n) is 3.61. The number of carbonyl (C=O) groups is 1. The second-order valence-electron chi connectivity index (χ2n) is 6.83. The van der Waals surface area contributed by atoms with Crippen LogP contribution in [0.5, 0.6) is 0 Å². The van der Waals surface area contributed by atoms with Crippen LogP contribution in [0.15, 0.2) is 36.4 Å². The number of halogens is 2. The van der Waals surface area contributed by atoms with Gasteiger partial charge in [0.1, 0.15) is 0 Å². The molecule has 6 nitrogen and oxygen atoms in total. The van der Waals surface area contributed by atoms with Gasteiger partial charge in [0.05, 0.1) is 22.3 Å². The lowest BCUT2D eigenvalue weighted by Crippen LogP contribution is -2.42. The summed E-state index contributed by atoms with van der Waals surface area (Å²) in [5, 5.41) is 11.8. The topological polar surface area (TPSA) is 71.8 Å². The number of rotatable bonds is 3. The van der Waals surface area contributed by atoms with Gasteiger partial charge in [0.15, 0.2) is 5.65 Å². The lowest BCUT2D eigenvalue weighted by Gasteiger charge is -2.24. The van der Waals surface area contributed by atoms with E-state index < -0.39 is 0 Å². The summed E-state index contributed by atoms with van der Waals surface area (Å²) in [5.41, 5.74) is 3.99. The minimum atomic E-state index is -0.0439. The van der Waals surface area contributed by atoms with Crippen LogP contribution >= 0.6 is 24.8 Å². The monoisotopic (exact) mass is 421 g/mol. The molecular weight excluding hydrogens is 397 g/mol. The number of hydrogen-bond acceptors (Lipinski definition) is 4. The van der Waals surface area contributed by atoms with Crippen molar-refractivity contribution in [2.45, 2.75) is 25.8 Å². The van der Waals surface area contributed by atoms with Crippen LogP contribution in [0, 0.1) is 6.92 Å². The summed E-state index contributed by atoms with van der Waals surface area (Å²) in [6.07, 6.45) is 1.91. The Kier molecular flexibility index (Phi) is 7.41. The molecule has 1 amide bonds. The van der Waals surface area contributed by atoms with Crippen LogP contribution in [-0.4, -0.2) is 39.8 Å². The summed E-state index contributed by atoms with van der Waals surface area (Å²) in [4.78, 5) is 17.8. The van der Waals surface area contributed by atoms with E-state index in [9.17, 15) is 4.79 Å². The molecule has 8 heteroatoms. The molecule has 28 heavy (non-hydrogen) atoms. The number of benzene rings is 1. The molecule has 0 bridgehead atoms. The SMILES string of the molecule is Cc1nn(C)c2nc(-c3ccccc3)cc(C(=O)NC3CCNCC3)c12.Cl.Cl. The maximum atomic E-state index is 13.1. The van der Waals surface area contributed by atoms with Gasteiger partial charge in [-0.3, -0.25) is 9.48 Å². The van der Waals surface area contributed by atoms with Crippen molar-refractivity contribution in [3.05, 3.63) is 47.7 Å². The number of carbonyl (C=O) groups excluding carboxylic acids is 1. The van der Waals surface area contributed by atoms with Crippen molar-refractivity contribution in [2.75, 3.05) is 13.1 Å². The van der Waals surface area contributed by atoms with Crippen LogP contribution in [0.3, 0.4) is 0 Å². The predicted octanol–water partition coefficient (Wildman–Crippen LogP) is 3.27. The standard InChI is InChI=1S/C20H23N5O.2ClH/c1-13-18-16(20(26)22-15-8-10-21-11-9-15)12-17(14-6-4-3-5-7-14)23-19(18)25(2)24-13;;/h3-7,12,15,21H,8-11H2,1-2H3,(H,22,26);2*1H. The molecule has 2 aromatic heterocycles. The van der Waals surface area contributed by atoms with Gasteiger partial charge in [-0.1, -0.05) is 30.3 Å². The number of aryl methyl sites for hydroxylation is 2. The Labute approximate surface area is 176 Å². The van der Waals surface area contributed by atoms with Crippen LogP contribution in [-0.2, 0) is 7.05 Å². The van der Waals surface area contributed by atoms with Crippen molar-refractivity contribution in [1.82, 2.24) is 25.4 Å². The smallest absolute Gasteiger partial charge is 0.252 e. The number of fused-ring (bicyclic) bond motifs is 1. The lowest BCUT2D eigenvalue weighted by molar-refractivity contribution is 0.0931. The van der Waals surface area contributed by atoms with E-state index in [1.165, 1.54) is 0 Å². The van der Waals surface area contributed by atoms with Gasteiger partial charge in [0, 0.05) is 18.7 Å². The molecule has 0 unspecified atom stereocenters. The minimum absolute atomic E-state index is 0. The first-order valence-corrected chi connectivity index (χ1v) is 9.05. The van der Waals surface area contributed by atoms with Crippen LogP contribution in [0.1, 0.15) is 28.9 Å². The van der Waals surface area contributed by atoms with Crippen molar-refractivity contribution in [2.24, 2.45) is 7.05 Å². The van der Waals surface area contributed by atoms with Gasteiger partial charge in [0.2, 0.25) is 0 Å². The molecule has 2 N–H and O–H groups in total. The average molecular weight is 422 g/mol. The highest BCUT2D eigenvalue weighted by atomic mass is 35.5. The van der Waals surface area contributed by atoms with Gasteiger partial charge in [-0.05, 0) is 38.9 Å². The van der Waals surface area contributed by atoms with Crippen molar-refractivity contribution in [3.8, 4) is 11.3 Å². The number of amides is 1. The number of piperidine rings is 1. The Morgan fingerprint density at radius 2 is 1.86 bits per heavy atom. The normalized spacial score (nSPS) is 14.2. The highest BCUT2D eigenvalue weighted by Gasteiger charge is 2.22. The fraction of sp³-hybridized carbons (Fsp3) is 0.350. The molecule has 1 fully saturated rings. The summed E-state index contributed by atoms with van der Waals surface area (Å²) in [6, 6.07) is 12.0. The summed E-state index contributed by atoms with van der Waals surface area (Å²) >= 11 is 0. The van der Waals surface area contributed by atoms with Crippen LogP contribution in [0.25, 0.3) is 22.3 Å². The third-order valence-corrected chi connectivity index (χ3v) is 4.96. The van der Waals surface area contributed by atoms with E-state index >= 15 is 0 Å². The number of aromatic nitrogens is 3. The van der Waals surface area contributed by atoms with E-state index in [1.807, 2.05) is 50.4 Å². The Balaban J connectivity index is 0.00000140. The number of nitrogens with one attached hydrogen (secondary N) is 2. The van der Waals surface area contributed by atoms with Gasteiger partial charge in [0.25, 0.3) is 5.91 Å². The highest BCUT2D eigenvalue weighted by Crippen LogP contribution is 2.27. The predicted molar refractivity (Wildman–Crippen MR) is 117 cm³/mol. The molecule has 0 radical (unpaired) electrons. The summed E-state index contributed by atoms with van der Waals surface area (Å²) in [7, 11) is 1.87. The van der Waals surface area contributed by atoms with E-state index in [2.05, 4.69) is 15.7 Å². The Morgan fingerprint density at radius 3 is 2.54 bits per heavy atom. The van der Waals surface area contributed by atoms with Gasteiger partial charge in [-0.2, -0.15) is 5.10 Å². The molecule has 150 valence electrons. The van der Waals surface area contributed by atoms with E-state index in [0.717, 1.165) is 53.9 Å². The van der Waals surface area contributed by atoms with Crippen LogP contribution < -0.4 is 10.6 Å². The maximum absolute atomic E-state index is 13.1. The Morgan fingerprint density at radius 1 is 1.18 bits per heavy atom. The summed E-state index contributed by atoms with van der Waals surface area (Å²) < 4.78 is 1.75. The summed E-state index contributed by atoms with van der Waals surface area (Å²) in [6.45, 7) is 3.81. The first kappa shape index (κ1) is 22.1. The first-order chi connectivity index (χ1) is 12.6. The van der Waals surface area contributed by atoms with Crippen LogP contribution in [0.4, 0.5) is 0 Å². The molecule has 3 heterocycles. The lowest BCUT2D eigenvalue weighted by atomic mass is 10.0. The highest BCUT2D eigenvalue weighted by molar-refractivity contribution is 6.07. The molecule has 4 rings (SSSR count). The zero-order chi connectivity index (χ0) is 18.1. The molecule has 0 atom stereocenters. The van der Waals surface area contributed by atoms with Gasteiger partial charge >= 0.3 is 0 Å². The van der Waals surface area contributed by atoms with E-state index in [1.54, 1.807) is 4.68 Å². The maximum Gasteiger partial charge on any atom is 0.252 e. The molecule has 0 saturated carbocycles. The number of nitrogens with zero attached hydrogens (tertiary/aromatic N) is 3. The largest absolute Gasteiger partial charge is 0.349 e. The second kappa shape index (κ2) is 9.37. The minimum Gasteiger partial charge on any atom is -0.349 e. The molecule has 1 aliphatic heterocycles. The third-order valence-electron chi connectivity index (χ3n) is 4.96. The molecule has 1 aromatic carbocycles. The van der Waals surface area contributed by atoms with E-state index in [4.69, 9.17) is 4.98 Å². The molecule has 0 aliphatic carbocycles. The number of hydrogen-bond donors (Lipinski definition) is 2. The zero-order valence-corrected chi connectivity index (χ0v) is 17.6. The van der Waals surface area contributed by atoms with Crippen molar-refractivity contribution in [1.29, 1.82) is 0 Å². The molecule has 1 aliphatic rings. The fourth-order valence-corrected chi connectivity index (χ4v) is 3.61. The molecular formula is C20H25Cl2N5O. The average Bonchev–Trinajstić information content (AvgIpc) is 2.96.